The molecule has 1 aromatic rings. The number of amides is 1. The summed E-state index contributed by atoms with van der Waals surface area (Å²) in [7, 11) is 0. The van der Waals surface area contributed by atoms with E-state index in [1.54, 1.807) is 24.3 Å². The zero-order chi connectivity index (χ0) is 15.8. The second-order valence-corrected chi connectivity index (χ2v) is 5.40. The molecule has 1 unspecified atom stereocenters. The smallest absolute Gasteiger partial charge is 0.258 e. The molecule has 0 aliphatic heterocycles. The van der Waals surface area contributed by atoms with Crippen molar-refractivity contribution in [3.05, 3.63) is 29.8 Å². The largest absolute Gasteiger partial charge is 0.484 e. The van der Waals surface area contributed by atoms with Crippen molar-refractivity contribution in [3.63, 3.8) is 0 Å². The number of amidine groups is 1. The molecule has 1 amide bonds. The van der Waals surface area contributed by atoms with Crippen LogP contribution in [0.5, 0.6) is 5.75 Å². The third kappa shape index (κ3) is 6.16. The van der Waals surface area contributed by atoms with Crippen LogP contribution in [0.25, 0.3) is 0 Å². The maximum absolute atomic E-state index is 11.7. The molecule has 4 N–H and O–H groups in total. The summed E-state index contributed by atoms with van der Waals surface area (Å²) in [6.07, 6.45) is 0.931. The van der Waals surface area contributed by atoms with Crippen molar-refractivity contribution in [1.82, 2.24) is 5.32 Å². The van der Waals surface area contributed by atoms with Crippen molar-refractivity contribution in [2.24, 2.45) is 16.8 Å². The Labute approximate surface area is 125 Å². The highest BCUT2D eigenvalue weighted by Gasteiger charge is 2.09. The van der Waals surface area contributed by atoms with Gasteiger partial charge in [-0.2, -0.15) is 0 Å². The van der Waals surface area contributed by atoms with Crippen molar-refractivity contribution in [1.29, 1.82) is 0 Å². The lowest BCUT2D eigenvalue weighted by Gasteiger charge is -2.16. The average Bonchev–Trinajstić information content (AvgIpc) is 2.43. The van der Waals surface area contributed by atoms with Crippen LogP contribution in [-0.2, 0) is 4.79 Å². The molecule has 0 bridgehead atoms. The van der Waals surface area contributed by atoms with E-state index in [1.807, 2.05) is 6.92 Å². The highest BCUT2D eigenvalue weighted by Crippen LogP contribution is 2.12. The van der Waals surface area contributed by atoms with E-state index in [-0.39, 0.29) is 24.4 Å². The maximum atomic E-state index is 11.7. The third-order valence-electron chi connectivity index (χ3n) is 2.86. The second kappa shape index (κ2) is 8.14. The monoisotopic (exact) mass is 293 g/mol. The Kier molecular flexibility index (Phi) is 6.52. The number of nitrogens with zero attached hydrogens (tertiary/aromatic N) is 1. The van der Waals surface area contributed by atoms with Crippen LogP contribution >= 0.6 is 0 Å². The average molecular weight is 293 g/mol. The number of hydrogen-bond acceptors (Lipinski definition) is 4. The van der Waals surface area contributed by atoms with Crippen molar-refractivity contribution in [3.8, 4) is 5.75 Å². The summed E-state index contributed by atoms with van der Waals surface area (Å²) in [5, 5.41) is 14.4. The number of carbonyl (C=O) groups is 1. The van der Waals surface area contributed by atoms with Crippen LogP contribution in [0.4, 0.5) is 0 Å². The first-order valence-electron chi connectivity index (χ1n) is 6.92. The Hall–Kier alpha value is -2.24. The first kappa shape index (κ1) is 16.8. The van der Waals surface area contributed by atoms with E-state index in [4.69, 9.17) is 15.7 Å². The molecule has 1 atom stereocenters. The molecular weight excluding hydrogens is 270 g/mol. The molecule has 0 radical (unpaired) electrons. The Balaban J connectivity index is 2.43. The zero-order valence-electron chi connectivity index (χ0n) is 12.7. The fourth-order valence-electron chi connectivity index (χ4n) is 2.01. The van der Waals surface area contributed by atoms with Crippen molar-refractivity contribution < 1.29 is 14.7 Å². The Morgan fingerprint density at radius 3 is 2.48 bits per heavy atom. The second-order valence-electron chi connectivity index (χ2n) is 5.40. The van der Waals surface area contributed by atoms with Gasteiger partial charge in [-0.25, -0.2) is 0 Å². The number of benzene rings is 1. The molecule has 21 heavy (non-hydrogen) atoms. The Bertz CT molecular complexity index is 483. The van der Waals surface area contributed by atoms with E-state index in [0.29, 0.717) is 17.2 Å². The Morgan fingerprint density at radius 2 is 1.95 bits per heavy atom. The van der Waals surface area contributed by atoms with Crippen LogP contribution in [0.2, 0.25) is 0 Å². The van der Waals surface area contributed by atoms with E-state index >= 15 is 0 Å². The van der Waals surface area contributed by atoms with Gasteiger partial charge in [0.2, 0.25) is 0 Å². The summed E-state index contributed by atoms with van der Waals surface area (Å²) in [4.78, 5) is 11.7. The van der Waals surface area contributed by atoms with Gasteiger partial charge in [0.1, 0.15) is 5.75 Å². The van der Waals surface area contributed by atoms with Gasteiger partial charge in [0.05, 0.1) is 0 Å². The summed E-state index contributed by atoms with van der Waals surface area (Å²) >= 11 is 0. The van der Waals surface area contributed by atoms with Gasteiger partial charge in [-0.05, 0) is 43.5 Å². The van der Waals surface area contributed by atoms with Gasteiger partial charge in [-0.3, -0.25) is 4.79 Å². The van der Waals surface area contributed by atoms with Crippen LogP contribution < -0.4 is 15.8 Å². The summed E-state index contributed by atoms with van der Waals surface area (Å²) in [5.41, 5.74) is 6.04. The van der Waals surface area contributed by atoms with Crippen LogP contribution in [0.15, 0.2) is 29.4 Å². The summed E-state index contributed by atoms with van der Waals surface area (Å²) in [5.74, 6) is 0.967. The minimum absolute atomic E-state index is 0.0294. The molecule has 116 valence electrons. The van der Waals surface area contributed by atoms with E-state index in [0.717, 1.165) is 6.42 Å². The normalized spacial score (nSPS) is 13.0. The fourth-order valence-corrected chi connectivity index (χ4v) is 2.01. The molecule has 6 heteroatoms. The van der Waals surface area contributed by atoms with Crippen LogP contribution in [-0.4, -0.2) is 29.6 Å². The van der Waals surface area contributed by atoms with Crippen molar-refractivity contribution in [2.75, 3.05) is 6.61 Å². The van der Waals surface area contributed by atoms with Gasteiger partial charge < -0.3 is 21.0 Å². The van der Waals surface area contributed by atoms with E-state index in [1.165, 1.54) is 0 Å². The maximum Gasteiger partial charge on any atom is 0.258 e. The summed E-state index contributed by atoms with van der Waals surface area (Å²) < 4.78 is 5.39. The number of oxime groups is 1. The van der Waals surface area contributed by atoms with Gasteiger partial charge in [0.15, 0.2) is 12.4 Å². The lowest BCUT2D eigenvalue weighted by atomic mass is 10.1. The molecule has 0 aromatic heterocycles. The number of rotatable bonds is 7. The van der Waals surface area contributed by atoms with Crippen LogP contribution in [0.1, 0.15) is 32.8 Å². The predicted molar refractivity (Wildman–Crippen MR) is 81.5 cm³/mol. The van der Waals surface area contributed by atoms with Crippen molar-refractivity contribution >= 4 is 11.7 Å². The predicted octanol–water partition coefficient (Wildman–Crippen LogP) is 1.71. The quantitative estimate of drug-likeness (QED) is 0.308. The topological polar surface area (TPSA) is 96.9 Å². The summed E-state index contributed by atoms with van der Waals surface area (Å²) in [6, 6.07) is 6.77. The van der Waals surface area contributed by atoms with Crippen molar-refractivity contribution in [2.45, 2.75) is 33.2 Å². The highest BCUT2D eigenvalue weighted by atomic mass is 16.5. The third-order valence-corrected chi connectivity index (χ3v) is 2.86. The molecule has 1 rings (SSSR count). The SMILES string of the molecule is CC(C)CC(C)NC(=O)COc1ccc(/C(N)=N/O)cc1. The molecule has 0 aliphatic carbocycles. The minimum atomic E-state index is -0.149. The molecule has 0 fully saturated rings. The molecule has 0 aliphatic rings. The number of hydrogen-bond donors (Lipinski definition) is 3. The molecule has 0 spiro atoms. The molecule has 0 heterocycles. The first-order chi connectivity index (χ1) is 9.92. The number of ether oxygens (including phenoxy) is 1. The Morgan fingerprint density at radius 1 is 1.33 bits per heavy atom. The van der Waals surface area contributed by atoms with Gasteiger partial charge >= 0.3 is 0 Å². The van der Waals surface area contributed by atoms with Gasteiger partial charge in [0, 0.05) is 11.6 Å². The molecule has 6 nitrogen and oxygen atoms in total. The standard InChI is InChI=1S/C15H23N3O3/c1-10(2)8-11(3)17-14(19)9-21-13-6-4-12(5-7-13)15(16)18-20/h4-7,10-11,20H,8-9H2,1-3H3,(H2,16,18)(H,17,19). The fraction of sp³-hybridized carbons (Fsp3) is 0.467. The number of nitrogens with two attached hydrogens (primary N) is 1. The van der Waals surface area contributed by atoms with Crippen LogP contribution in [0.3, 0.4) is 0 Å². The summed E-state index contributed by atoms with van der Waals surface area (Å²) in [6.45, 7) is 6.17. The first-order valence-corrected chi connectivity index (χ1v) is 6.92. The molecule has 0 saturated heterocycles. The highest BCUT2D eigenvalue weighted by molar-refractivity contribution is 5.97. The lowest BCUT2D eigenvalue weighted by molar-refractivity contribution is -0.123. The van der Waals surface area contributed by atoms with Gasteiger partial charge in [-0.15, -0.1) is 0 Å². The molecular formula is C15H23N3O3. The van der Waals surface area contributed by atoms with Gasteiger partial charge in [-0.1, -0.05) is 19.0 Å². The minimum Gasteiger partial charge on any atom is -0.484 e. The van der Waals surface area contributed by atoms with E-state index < -0.39 is 0 Å². The lowest BCUT2D eigenvalue weighted by Crippen LogP contribution is -2.36. The molecule has 1 aromatic carbocycles. The molecule has 0 saturated carbocycles. The number of nitrogens with one attached hydrogen (secondary N) is 1. The van der Waals surface area contributed by atoms with E-state index in [9.17, 15) is 4.79 Å². The zero-order valence-corrected chi connectivity index (χ0v) is 12.7. The van der Waals surface area contributed by atoms with E-state index in [2.05, 4.69) is 24.3 Å². The number of carbonyl (C=O) groups excluding carboxylic acids is 1. The van der Waals surface area contributed by atoms with Gasteiger partial charge in [0.25, 0.3) is 5.91 Å². The van der Waals surface area contributed by atoms with Crippen LogP contribution in [0, 0.1) is 5.92 Å².